The van der Waals surface area contributed by atoms with Crippen molar-refractivity contribution in [2.45, 2.75) is 18.3 Å². The first-order chi connectivity index (χ1) is 15.6. The highest BCUT2D eigenvalue weighted by molar-refractivity contribution is 7.88. The number of hydrogen-bond donors (Lipinski definition) is 7. The molecule has 2 amide bonds. The van der Waals surface area contributed by atoms with Crippen LogP contribution in [0.4, 0.5) is 5.69 Å². The summed E-state index contributed by atoms with van der Waals surface area (Å²) in [7, 11) is -3.94. The maximum absolute atomic E-state index is 12.3. The van der Waals surface area contributed by atoms with Crippen LogP contribution in [0.1, 0.15) is 11.1 Å². The third-order valence-corrected chi connectivity index (χ3v) is 5.85. The molecule has 2 aromatic carbocycles. The molecule has 0 aliphatic rings. The summed E-state index contributed by atoms with van der Waals surface area (Å²) in [4.78, 5) is 24.2. The van der Waals surface area contributed by atoms with Gasteiger partial charge in [0.15, 0.2) is 5.96 Å². The van der Waals surface area contributed by atoms with Gasteiger partial charge >= 0.3 is 0 Å². The monoisotopic (exact) mass is 496 g/mol. The fourth-order valence-corrected chi connectivity index (χ4v) is 4.10. The summed E-state index contributed by atoms with van der Waals surface area (Å²) in [6.45, 7) is -1.00. The molecule has 1 atom stereocenters. The average Bonchev–Trinajstić information content (AvgIpc) is 2.76. The number of hydrogen-bond acceptors (Lipinski definition) is 6. The topological polar surface area (TPSA) is 186 Å². The molecule has 0 aliphatic heterocycles. The Kier molecular flexibility index (Phi) is 9.60. The van der Waals surface area contributed by atoms with Crippen molar-refractivity contribution in [3.05, 3.63) is 64.7 Å². The third kappa shape index (κ3) is 9.45. The molecule has 13 heteroatoms. The van der Waals surface area contributed by atoms with Crippen LogP contribution in [0.15, 0.2) is 48.5 Å². The van der Waals surface area contributed by atoms with E-state index in [-0.39, 0.29) is 12.5 Å². The van der Waals surface area contributed by atoms with Crippen LogP contribution in [0.5, 0.6) is 0 Å². The Balaban J connectivity index is 1.80. The first-order valence-corrected chi connectivity index (χ1v) is 11.7. The number of halogens is 1. The fourth-order valence-electron chi connectivity index (χ4n) is 2.65. The van der Waals surface area contributed by atoms with Gasteiger partial charge in [0.2, 0.25) is 21.8 Å². The number of anilines is 1. The molecule has 1 unspecified atom stereocenters. The summed E-state index contributed by atoms with van der Waals surface area (Å²) in [6, 6.07) is 11.5. The van der Waals surface area contributed by atoms with E-state index < -0.39 is 46.8 Å². The number of nitrogens with one attached hydrogen (secondary N) is 5. The summed E-state index contributed by atoms with van der Waals surface area (Å²) in [5.41, 5.74) is 7.09. The van der Waals surface area contributed by atoms with E-state index in [1.54, 1.807) is 36.4 Å². The van der Waals surface area contributed by atoms with Crippen molar-refractivity contribution in [3.63, 3.8) is 0 Å². The maximum atomic E-state index is 12.3. The van der Waals surface area contributed by atoms with Crippen LogP contribution in [-0.2, 0) is 31.9 Å². The minimum Gasteiger partial charge on any atom is -0.394 e. The minimum absolute atomic E-state index is 0.187. The maximum Gasteiger partial charge on any atom is 0.240 e. The van der Waals surface area contributed by atoms with Gasteiger partial charge in [0.25, 0.3) is 0 Å². The van der Waals surface area contributed by atoms with E-state index in [1.807, 2.05) is 0 Å². The number of sulfonamides is 1. The fraction of sp³-hybridized carbons (Fsp3) is 0.250. The highest BCUT2D eigenvalue weighted by Crippen LogP contribution is 2.12. The van der Waals surface area contributed by atoms with Gasteiger partial charge in [-0.15, -0.1) is 0 Å². The zero-order valence-corrected chi connectivity index (χ0v) is 19.0. The quantitative estimate of drug-likeness (QED) is 0.166. The molecule has 0 spiro atoms. The van der Waals surface area contributed by atoms with Gasteiger partial charge in [0.1, 0.15) is 6.04 Å². The molecule has 0 saturated carbocycles. The Morgan fingerprint density at radius 1 is 1.03 bits per heavy atom. The van der Waals surface area contributed by atoms with Crippen LogP contribution < -0.4 is 26.4 Å². The SMILES string of the molecule is N=C(N)Nc1ccc(CNC(=O)CNC(=O)C(CO)NS(=O)(=O)Cc2ccc(Cl)cc2)cc1. The second-order valence-corrected chi connectivity index (χ2v) is 9.16. The van der Waals surface area contributed by atoms with Crippen molar-refractivity contribution in [3.8, 4) is 0 Å². The average molecular weight is 497 g/mol. The molecule has 2 rings (SSSR count). The molecule has 0 saturated heterocycles. The molecule has 0 bridgehead atoms. The number of guanidine groups is 1. The van der Waals surface area contributed by atoms with Crippen molar-refractivity contribution < 1.29 is 23.1 Å². The van der Waals surface area contributed by atoms with E-state index in [0.29, 0.717) is 16.3 Å². The van der Waals surface area contributed by atoms with Crippen molar-refractivity contribution >= 4 is 45.1 Å². The summed E-state index contributed by atoms with van der Waals surface area (Å²) in [5, 5.41) is 24.6. The summed E-state index contributed by atoms with van der Waals surface area (Å²) in [5.74, 6) is -1.95. The van der Waals surface area contributed by atoms with Crippen LogP contribution in [0.25, 0.3) is 0 Å². The van der Waals surface area contributed by atoms with Gasteiger partial charge in [-0.1, -0.05) is 35.9 Å². The first kappa shape index (κ1) is 26.1. The molecule has 0 aromatic heterocycles. The molecule has 0 radical (unpaired) electrons. The lowest BCUT2D eigenvalue weighted by Gasteiger charge is -2.16. The van der Waals surface area contributed by atoms with Crippen molar-refractivity contribution in [2.75, 3.05) is 18.5 Å². The second kappa shape index (κ2) is 12.2. The Labute approximate surface area is 196 Å². The van der Waals surface area contributed by atoms with Crippen LogP contribution in [0.3, 0.4) is 0 Å². The van der Waals surface area contributed by atoms with Crippen LogP contribution in [0, 0.1) is 5.41 Å². The normalized spacial score (nSPS) is 11.9. The van der Waals surface area contributed by atoms with E-state index in [4.69, 9.17) is 22.7 Å². The lowest BCUT2D eigenvalue weighted by atomic mass is 10.2. The molecule has 8 N–H and O–H groups in total. The molecule has 0 fully saturated rings. The predicted octanol–water partition coefficient (Wildman–Crippen LogP) is -0.142. The van der Waals surface area contributed by atoms with Gasteiger partial charge in [-0.3, -0.25) is 15.0 Å². The Morgan fingerprint density at radius 2 is 1.64 bits per heavy atom. The van der Waals surface area contributed by atoms with Crippen molar-refractivity contribution in [2.24, 2.45) is 5.73 Å². The molecule has 33 heavy (non-hydrogen) atoms. The smallest absolute Gasteiger partial charge is 0.240 e. The molecule has 0 heterocycles. The van der Waals surface area contributed by atoms with Gasteiger partial charge in [0, 0.05) is 17.3 Å². The standard InChI is InChI=1S/C20H25ClN6O5S/c21-15-5-1-14(2-6-15)12-33(31,32)27-17(11-28)19(30)25-10-18(29)24-9-13-3-7-16(8-4-13)26-20(22)23/h1-8,17,27-28H,9-12H2,(H,24,29)(H,25,30)(H4,22,23,26). The second-order valence-electron chi connectivity index (χ2n) is 6.97. The number of benzene rings is 2. The highest BCUT2D eigenvalue weighted by atomic mass is 35.5. The van der Waals surface area contributed by atoms with Gasteiger partial charge < -0.3 is 26.8 Å². The van der Waals surface area contributed by atoms with Gasteiger partial charge in [-0.2, -0.15) is 0 Å². The number of nitrogens with two attached hydrogens (primary N) is 1. The number of amides is 2. The summed E-state index contributed by atoms with van der Waals surface area (Å²) < 4.78 is 26.7. The van der Waals surface area contributed by atoms with Gasteiger partial charge in [0.05, 0.1) is 18.9 Å². The van der Waals surface area contributed by atoms with E-state index in [2.05, 4.69) is 20.7 Å². The number of carbonyl (C=O) groups is 2. The Bertz CT molecular complexity index is 1080. The van der Waals surface area contributed by atoms with E-state index >= 15 is 0 Å². The molecule has 2 aromatic rings. The predicted molar refractivity (Wildman–Crippen MR) is 125 cm³/mol. The zero-order chi connectivity index (χ0) is 24.4. The van der Waals surface area contributed by atoms with Crippen molar-refractivity contribution in [1.29, 1.82) is 5.41 Å². The Morgan fingerprint density at radius 3 is 2.21 bits per heavy atom. The molecule has 178 valence electrons. The Hall–Kier alpha value is -3.19. The number of aliphatic hydroxyl groups excluding tert-OH is 1. The van der Waals surface area contributed by atoms with Gasteiger partial charge in [-0.25, -0.2) is 13.1 Å². The number of carbonyl (C=O) groups excluding carboxylic acids is 2. The van der Waals surface area contributed by atoms with E-state index in [0.717, 1.165) is 5.56 Å². The molecular weight excluding hydrogens is 472 g/mol. The highest BCUT2D eigenvalue weighted by Gasteiger charge is 2.24. The van der Waals surface area contributed by atoms with Crippen LogP contribution in [0.2, 0.25) is 5.02 Å². The largest absolute Gasteiger partial charge is 0.394 e. The van der Waals surface area contributed by atoms with Crippen LogP contribution in [-0.4, -0.2) is 50.5 Å². The van der Waals surface area contributed by atoms with Crippen LogP contribution >= 0.6 is 11.6 Å². The van der Waals surface area contributed by atoms with E-state index in [1.165, 1.54) is 12.1 Å². The summed E-state index contributed by atoms with van der Waals surface area (Å²) in [6.07, 6.45) is 0. The lowest BCUT2D eigenvalue weighted by molar-refractivity contribution is -0.127. The van der Waals surface area contributed by atoms with E-state index in [9.17, 15) is 23.1 Å². The minimum atomic E-state index is -3.94. The molecule has 0 aliphatic carbocycles. The number of rotatable bonds is 11. The number of aliphatic hydroxyl groups is 1. The van der Waals surface area contributed by atoms with Gasteiger partial charge in [-0.05, 0) is 35.4 Å². The lowest BCUT2D eigenvalue weighted by Crippen LogP contribution is -2.50. The summed E-state index contributed by atoms with van der Waals surface area (Å²) >= 11 is 5.77. The molecule has 11 nitrogen and oxygen atoms in total. The first-order valence-electron chi connectivity index (χ1n) is 9.67. The van der Waals surface area contributed by atoms with Crippen molar-refractivity contribution in [1.82, 2.24) is 15.4 Å². The third-order valence-electron chi connectivity index (χ3n) is 4.24. The molecular formula is C20H25ClN6O5S. The zero-order valence-electron chi connectivity index (χ0n) is 17.5.